The summed E-state index contributed by atoms with van der Waals surface area (Å²) < 4.78 is 0. The fourth-order valence-electron chi connectivity index (χ4n) is 6.69. The van der Waals surface area contributed by atoms with Gasteiger partial charge in [0, 0.05) is 6.04 Å². The van der Waals surface area contributed by atoms with Crippen molar-refractivity contribution in [3.63, 3.8) is 0 Å². The standard InChI is InChI=1S/C21H37NO2.C2H6/c1-6-12(2)20(4)10-8-15-17(13(20)3)19(24)18(23)16-11-14(22)7-9-21(15,16)5;1-2/h6,13-19,23-24H,7-11,22H2,1-5H3;1-2H3/b12-6-;/t13?,14?,15?,16?,17?,18-,19-,20-,21-;/m1./s1. The van der Waals surface area contributed by atoms with Crippen LogP contribution in [0.25, 0.3) is 0 Å². The van der Waals surface area contributed by atoms with Crippen molar-refractivity contribution in [2.75, 3.05) is 0 Å². The van der Waals surface area contributed by atoms with E-state index in [1.54, 1.807) is 0 Å². The van der Waals surface area contributed by atoms with Crippen LogP contribution in [0.3, 0.4) is 0 Å². The zero-order valence-corrected chi connectivity index (χ0v) is 18.1. The Morgan fingerprint density at radius 2 is 1.65 bits per heavy atom. The molecule has 9 atom stereocenters. The second kappa shape index (κ2) is 7.93. The van der Waals surface area contributed by atoms with E-state index in [2.05, 4.69) is 40.7 Å². The monoisotopic (exact) mass is 365 g/mol. The average Bonchev–Trinajstić information content (AvgIpc) is 2.64. The molecule has 0 saturated heterocycles. The van der Waals surface area contributed by atoms with E-state index in [-0.39, 0.29) is 28.7 Å². The maximum atomic E-state index is 11.1. The highest BCUT2D eigenvalue weighted by Gasteiger charge is 2.61. The molecule has 3 rings (SSSR count). The molecule has 0 spiro atoms. The van der Waals surface area contributed by atoms with Crippen LogP contribution < -0.4 is 5.73 Å². The maximum Gasteiger partial charge on any atom is 0.0836 e. The van der Waals surface area contributed by atoms with Crippen molar-refractivity contribution < 1.29 is 10.2 Å². The van der Waals surface area contributed by atoms with Gasteiger partial charge < -0.3 is 15.9 Å². The molecule has 4 N–H and O–H groups in total. The summed E-state index contributed by atoms with van der Waals surface area (Å²) in [4.78, 5) is 0. The summed E-state index contributed by atoms with van der Waals surface area (Å²) in [6, 6.07) is 0.179. The van der Waals surface area contributed by atoms with Gasteiger partial charge in [-0.15, -0.1) is 0 Å². The fraction of sp³-hybridized carbons (Fsp3) is 0.913. The topological polar surface area (TPSA) is 66.5 Å². The van der Waals surface area contributed by atoms with Gasteiger partial charge in [0.25, 0.3) is 0 Å². The first kappa shape index (κ1) is 21.9. The molecule has 0 heterocycles. The quantitative estimate of drug-likeness (QED) is 0.599. The van der Waals surface area contributed by atoms with Gasteiger partial charge in [-0.2, -0.15) is 0 Å². The van der Waals surface area contributed by atoms with Crippen molar-refractivity contribution in [3.05, 3.63) is 11.6 Å². The van der Waals surface area contributed by atoms with Crippen LogP contribution in [-0.2, 0) is 0 Å². The number of aliphatic hydroxyl groups excluding tert-OH is 2. The molecule has 5 unspecified atom stereocenters. The predicted octanol–water partition coefficient (Wildman–Crippen LogP) is 4.52. The Kier molecular flexibility index (Phi) is 6.68. The van der Waals surface area contributed by atoms with Crippen LogP contribution in [0.1, 0.15) is 80.6 Å². The zero-order chi connectivity index (χ0) is 19.9. The number of hydrogen-bond acceptors (Lipinski definition) is 3. The summed E-state index contributed by atoms with van der Waals surface area (Å²) in [6.45, 7) is 15.4. The second-order valence-corrected chi connectivity index (χ2v) is 9.53. The van der Waals surface area contributed by atoms with Crippen molar-refractivity contribution in [2.45, 2.75) is 98.8 Å². The first-order valence-electron chi connectivity index (χ1n) is 10.9. The number of fused-ring (bicyclic) bond motifs is 3. The molecule has 26 heavy (non-hydrogen) atoms. The number of rotatable bonds is 1. The molecule has 3 saturated carbocycles. The van der Waals surface area contributed by atoms with Gasteiger partial charge in [-0.25, -0.2) is 0 Å². The highest BCUT2D eigenvalue weighted by molar-refractivity contribution is 5.18. The van der Waals surface area contributed by atoms with Crippen molar-refractivity contribution in [1.82, 2.24) is 0 Å². The van der Waals surface area contributed by atoms with Gasteiger partial charge in [0.15, 0.2) is 0 Å². The Morgan fingerprint density at radius 1 is 1.04 bits per heavy atom. The second-order valence-electron chi connectivity index (χ2n) is 9.53. The minimum absolute atomic E-state index is 0.124. The lowest BCUT2D eigenvalue weighted by atomic mass is 9.43. The lowest BCUT2D eigenvalue weighted by molar-refractivity contribution is -0.211. The van der Waals surface area contributed by atoms with Gasteiger partial charge in [0.1, 0.15) is 0 Å². The van der Waals surface area contributed by atoms with E-state index in [0.717, 1.165) is 25.7 Å². The third-order valence-electron chi connectivity index (χ3n) is 8.82. The van der Waals surface area contributed by atoms with E-state index in [4.69, 9.17) is 5.73 Å². The van der Waals surface area contributed by atoms with Gasteiger partial charge in [-0.05, 0) is 80.5 Å². The van der Waals surface area contributed by atoms with Crippen molar-refractivity contribution in [3.8, 4) is 0 Å². The number of aliphatic hydroxyl groups is 2. The smallest absolute Gasteiger partial charge is 0.0836 e. The number of nitrogens with two attached hydrogens (primary N) is 1. The molecule has 3 aliphatic carbocycles. The first-order chi connectivity index (χ1) is 12.2. The van der Waals surface area contributed by atoms with Crippen molar-refractivity contribution in [1.29, 1.82) is 0 Å². The van der Waals surface area contributed by atoms with Crippen LogP contribution >= 0.6 is 0 Å². The normalized spacial score (nSPS) is 51.6. The summed E-state index contributed by atoms with van der Waals surface area (Å²) in [6.07, 6.45) is 6.33. The molecule has 3 heteroatoms. The highest BCUT2D eigenvalue weighted by Crippen LogP contribution is 2.63. The van der Waals surface area contributed by atoms with E-state index in [1.165, 1.54) is 12.0 Å². The summed E-state index contributed by atoms with van der Waals surface area (Å²) in [5, 5.41) is 22.0. The molecule has 152 valence electrons. The van der Waals surface area contributed by atoms with Crippen LogP contribution in [0.5, 0.6) is 0 Å². The molecule has 0 aromatic rings. The molecule has 0 aliphatic heterocycles. The van der Waals surface area contributed by atoms with E-state index in [0.29, 0.717) is 11.8 Å². The Labute approximate surface area is 161 Å². The third kappa shape index (κ3) is 3.18. The van der Waals surface area contributed by atoms with Crippen molar-refractivity contribution >= 4 is 0 Å². The molecule has 0 amide bonds. The van der Waals surface area contributed by atoms with Crippen LogP contribution in [0.15, 0.2) is 11.6 Å². The van der Waals surface area contributed by atoms with Crippen LogP contribution in [0, 0.1) is 34.5 Å². The van der Waals surface area contributed by atoms with E-state index >= 15 is 0 Å². The highest BCUT2D eigenvalue weighted by atomic mass is 16.3. The molecule has 3 aliphatic rings. The van der Waals surface area contributed by atoms with Crippen molar-refractivity contribution in [2.24, 2.45) is 40.2 Å². The Morgan fingerprint density at radius 3 is 2.23 bits per heavy atom. The number of hydrogen-bond donors (Lipinski definition) is 3. The molecule has 3 fully saturated rings. The van der Waals surface area contributed by atoms with Gasteiger partial charge in [-0.3, -0.25) is 0 Å². The predicted molar refractivity (Wildman–Crippen MR) is 110 cm³/mol. The summed E-state index contributed by atoms with van der Waals surface area (Å²) in [7, 11) is 0. The molecule has 0 bridgehead atoms. The molecular formula is C23H43NO2. The fourth-order valence-corrected chi connectivity index (χ4v) is 6.69. The summed E-state index contributed by atoms with van der Waals surface area (Å²) in [5.41, 5.74) is 7.88. The van der Waals surface area contributed by atoms with Crippen LogP contribution in [0.2, 0.25) is 0 Å². The number of allylic oxidation sites excluding steroid dienone is 2. The maximum absolute atomic E-state index is 11.1. The van der Waals surface area contributed by atoms with E-state index < -0.39 is 12.2 Å². The largest absolute Gasteiger partial charge is 0.390 e. The van der Waals surface area contributed by atoms with Gasteiger partial charge in [-0.1, -0.05) is 46.3 Å². The van der Waals surface area contributed by atoms with Crippen LogP contribution in [-0.4, -0.2) is 28.5 Å². The molecule has 0 aromatic carbocycles. The van der Waals surface area contributed by atoms with E-state index in [9.17, 15) is 10.2 Å². The molecular weight excluding hydrogens is 322 g/mol. The SMILES string of the molecule is C/C=C(/C)[C@@]1(C)CCC2C(C1C)[C@@H](O)[C@H](O)C1CC(N)CC[C@]21C.CC. The van der Waals surface area contributed by atoms with E-state index in [1.807, 2.05) is 13.8 Å². The lowest BCUT2D eigenvalue weighted by Crippen LogP contribution is -2.64. The zero-order valence-electron chi connectivity index (χ0n) is 18.1. The van der Waals surface area contributed by atoms with Crippen LogP contribution in [0.4, 0.5) is 0 Å². The summed E-state index contributed by atoms with van der Waals surface area (Å²) in [5.74, 6) is 1.22. The Hall–Kier alpha value is -0.380. The third-order valence-corrected chi connectivity index (χ3v) is 8.82. The van der Waals surface area contributed by atoms with Gasteiger partial charge in [0.05, 0.1) is 12.2 Å². The lowest BCUT2D eigenvalue weighted by Gasteiger charge is -2.63. The minimum Gasteiger partial charge on any atom is -0.390 e. The Bertz CT molecular complexity index is 518. The molecule has 0 radical (unpaired) electrons. The summed E-state index contributed by atoms with van der Waals surface area (Å²) >= 11 is 0. The minimum atomic E-state index is -0.627. The first-order valence-corrected chi connectivity index (χ1v) is 10.9. The molecule has 0 aromatic heterocycles. The average molecular weight is 366 g/mol. The molecule has 3 nitrogen and oxygen atoms in total. The Balaban J connectivity index is 0.00000117. The van der Waals surface area contributed by atoms with Gasteiger partial charge >= 0.3 is 0 Å². The van der Waals surface area contributed by atoms with Gasteiger partial charge in [0.2, 0.25) is 0 Å².